The van der Waals surface area contributed by atoms with E-state index in [1.165, 1.54) is 39.4 Å². The van der Waals surface area contributed by atoms with Gasteiger partial charge in [-0.25, -0.2) is 35.5 Å². The second-order valence-electron chi connectivity index (χ2n) is 7.30. The maximum atomic E-state index is 13.8. The fraction of sp³-hybridized carbons (Fsp3) is 0.421. The summed E-state index contributed by atoms with van der Waals surface area (Å²) >= 11 is 0. The van der Waals surface area contributed by atoms with Crippen molar-refractivity contribution in [2.45, 2.75) is 31.9 Å². The summed E-state index contributed by atoms with van der Waals surface area (Å²) in [7, 11) is -3.17. The lowest BCUT2D eigenvalue weighted by molar-refractivity contribution is 0.149. The van der Waals surface area contributed by atoms with Gasteiger partial charge in [0, 0.05) is 31.8 Å². The average molecular weight is 474 g/mol. The van der Waals surface area contributed by atoms with Gasteiger partial charge in [-0.2, -0.15) is 4.31 Å². The topological polar surface area (TPSA) is 106 Å². The van der Waals surface area contributed by atoms with E-state index in [2.05, 4.69) is 15.1 Å². The third-order valence-corrected chi connectivity index (χ3v) is 6.03. The van der Waals surface area contributed by atoms with Crippen molar-refractivity contribution < 1.29 is 26.0 Å². The number of pyridine rings is 1. The van der Waals surface area contributed by atoms with E-state index in [-0.39, 0.29) is 24.4 Å². The molecule has 0 spiro atoms. The first-order valence-electron chi connectivity index (χ1n) is 9.67. The molecule has 3 aromatic heterocycles. The van der Waals surface area contributed by atoms with Crippen LogP contribution in [0.15, 0.2) is 30.6 Å². The highest BCUT2D eigenvalue weighted by Crippen LogP contribution is 2.23. The highest BCUT2D eigenvalue weighted by Gasteiger charge is 2.25. The Kier molecular flexibility index (Phi) is 7.29. The molecule has 13 heteroatoms. The van der Waals surface area contributed by atoms with Crippen molar-refractivity contribution in [2.75, 3.05) is 25.1 Å². The zero-order valence-corrected chi connectivity index (χ0v) is 17.9. The minimum Gasteiger partial charge on any atom is -0.367 e. The number of nitrogens with zero attached hydrogens (tertiary/aromatic N) is 5. The van der Waals surface area contributed by atoms with Crippen LogP contribution >= 0.6 is 0 Å². The highest BCUT2D eigenvalue weighted by atomic mass is 32.2. The molecule has 3 aromatic rings. The number of fused-ring (bicyclic) bond motifs is 1. The molecule has 8 nitrogen and oxygen atoms in total. The lowest BCUT2D eigenvalue weighted by Crippen LogP contribution is -2.39. The second kappa shape index (κ2) is 9.77. The van der Waals surface area contributed by atoms with Gasteiger partial charge in [0.05, 0.1) is 23.8 Å². The van der Waals surface area contributed by atoms with Crippen LogP contribution in [-0.2, 0) is 16.4 Å². The summed E-state index contributed by atoms with van der Waals surface area (Å²) in [6.07, 6.45) is 1.07. The molecule has 1 aliphatic heterocycles. The van der Waals surface area contributed by atoms with Gasteiger partial charge in [-0.05, 0) is 24.5 Å². The van der Waals surface area contributed by atoms with Crippen LogP contribution in [0.5, 0.6) is 0 Å². The standard InChI is InChI=1S/C13H10F3N5.C6H12FNO2S/c14-8-4-10(21-11(8)6-19-13(17)20-21)9-2-1-7(5-18-9)3-12(15)16;1-11(9,10)8-4-2-3-6(7)5-8/h1-2,4-6,12H,3H2,(H2,17,20);6H,2-5H2,1H3. The Hall–Kier alpha value is -2.80. The molecular weight excluding hydrogens is 452 g/mol. The van der Waals surface area contributed by atoms with Gasteiger partial charge in [0.25, 0.3) is 0 Å². The Labute approximate surface area is 182 Å². The first kappa shape index (κ1) is 23.9. The monoisotopic (exact) mass is 474 g/mol. The van der Waals surface area contributed by atoms with Crippen molar-refractivity contribution in [3.05, 3.63) is 42.0 Å². The van der Waals surface area contributed by atoms with E-state index in [1.807, 2.05) is 0 Å². The van der Waals surface area contributed by atoms with Gasteiger partial charge in [0.15, 0.2) is 5.82 Å². The van der Waals surface area contributed by atoms with E-state index < -0.39 is 28.4 Å². The maximum Gasteiger partial charge on any atom is 0.242 e. The minimum atomic E-state index is -3.17. The molecule has 1 unspecified atom stereocenters. The van der Waals surface area contributed by atoms with Gasteiger partial charge in [0.2, 0.25) is 22.4 Å². The van der Waals surface area contributed by atoms with Crippen LogP contribution < -0.4 is 5.73 Å². The van der Waals surface area contributed by atoms with E-state index >= 15 is 0 Å². The van der Waals surface area contributed by atoms with Crippen molar-refractivity contribution in [1.29, 1.82) is 0 Å². The van der Waals surface area contributed by atoms with Crippen LogP contribution in [-0.4, -0.2) is 64.2 Å². The Morgan fingerprint density at radius 3 is 2.56 bits per heavy atom. The number of alkyl halides is 3. The van der Waals surface area contributed by atoms with Gasteiger partial charge in [0.1, 0.15) is 11.7 Å². The molecule has 1 fully saturated rings. The predicted molar refractivity (Wildman–Crippen MR) is 111 cm³/mol. The molecule has 0 saturated carbocycles. The summed E-state index contributed by atoms with van der Waals surface area (Å²) in [5.41, 5.74) is 6.84. The minimum absolute atomic E-state index is 0.00586. The fourth-order valence-corrected chi connectivity index (χ4v) is 4.11. The molecule has 1 atom stereocenters. The average Bonchev–Trinajstić information content (AvgIpc) is 3.04. The molecule has 32 heavy (non-hydrogen) atoms. The molecule has 1 aliphatic rings. The van der Waals surface area contributed by atoms with E-state index in [1.54, 1.807) is 0 Å². The van der Waals surface area contributed by atoms with E-state index in [0.717, 1.165) is 6.26 Å². The molecule has 4 heterocycles. The molecule has 0 aromatic carbocycles. The maximum absolute atomic E-state index is 13.8. The van der Waals surface area contributed by atoms with Gasteiger partial charge in [-0.1, -0.05) is 6.07 Å². The summed E-state index contributed by atoms with van der Waals surface area (Å²) < 4.78 is 75.3. The third kappa shape index (κ3) is 5.91. The highest BCUT2D eigenvalue weighted by molar-refractivity contribution is 7.88. The van der Waals surface area contributed by atoms with Crippen LogP contribution in [0, 0.1) is 5.82 Å². The Morgan fingerprint density at radius 2 is 2.00 bits per heavy atom. The van der Waals surface area contributed by atoms with E-state index in [4.69, 9.17) is 5.73 Å². The molecule has 4 rings (SSSR count). The zero-order valence-electron chi connectivity index (χ0n) is 17.1. The third-order valence-electron chi connectivity index (χ3n) is 4.76. The normalized spacial score (nSPS) is 17.4. The molecule has 1 saturated heterocycles. The summed E-state index contributed by atoms with van der Waals surface area (Å²) in [6.45, 7) is 0.512. The fourth-order valence-electron chi connectivity index (χ4n) is 3.22. The van der Waals surface area contributed by atoms with Crippen LogP contribution in [0.3, 0.4) is 0 Å². The van der Waals surface area contributed by atoms with Crippen LogP contribution in [0.25, 0.3) is 16.9 Å². The number of hydrogen-bond acceptors (Lipinski definition) is 6. The van der Waals surface area contributed by atoms with Gasteiger partial charge < -0.3 is 5.73 Å². The number of rotatable bonds is 4. The number of halogens is 4. The van der Waals surface area contributed by atoms with Crippen LogP contribution in [0.4, 0.5) is 23.5 Å². The van der Waals surface area contributed by atoms with E-state index in [0.29, 0.717) is 36.3 Å². The number of aromatic nitrogens is 4. The smallest absolute Gasteiger partial charge is 0.242 e. The Balaban J connectivity index is 0.000000222. The number of nitrogens with two attached hydrogens (primary N) is 1. The molecule has 0 aliphatic carbocycles. The summed E-state index contributed by atoms with van der Waals surface area (Å²) in [5, 5.41) is 3.93. The molecule has 0 amide bonds. The number of piperidine rings is 1. The van der Waals surface area contributed by atoms with Gasteiger partial charge in [-0.3, -0.25) is 4.98 Å². The molecule has 2 N–H and O–H groups in total. The number of anilines is 1. The summed E-state index contributed by atoms with van der Waals surface area (Å²) in [4.78, 5) is 7.80. The molecular formula is C19H22F4N6O2S. The van der Waals surface area contributed by atoms with Crippen molar-refractivity contribution in [1.82, 2.24) is 23.9 Å². The number of nitrogen functional groups attached to an aromatic ring is 1. The van der Waals surface area contributed by atoms with Gasteiger partial charge in [-0.15, -0.1) is 5.10 Å². The van der Waals surface area contributed by atoms with Crippen LogP contribution in [0.1, 0.15) is 18.4 Å². The lowest BCUT2D eigenvalue weighted by atomic mass is 10.1. The zero-order chi connectivity index (χ0) is 23.5. The Morgan fingerprint density at radius 1 is 1.25 bits per heavy atom. The quantitative estimate of drug-likeness (QED) is 0.583. The van der Waals surface area contributed by atoms with Crippen LogP contribution in [0.2, 0.25) is 0 Å². The van der Waals surface area contributed by atoms with Gasteiger partial charge >= 0.3 is 0 Å². The molecule has 174 valence electrons. The van der Waals surface area contributed by atoms with Crippen molar-refractivity contribution in [3.8, 4) is 11.4 Å². The first-order valence-corrected chi connectivity index (χ1v) is 11.5. The largest absolute Gasteiger partial charge is 0.367 e. The lowest BCUT2D eigenvalue weighted by Gasteiger charge is -2.26. The number of sulfonamides is 1. The first-order chi connectivity index (χ1) is 15.0. The summed E-state index contributed by atoms with van der Waals surface area (Å²) in [6, 6.07) is 4.31. The predicted octanol–water partition coefficient (Wildman–Crippen LogP) is 2.70. The van der Waals surface area contributed by atoms with Crippen molar-refractivity contribution in [3.63, 3.8) is 0 Å². The molecule has 0 bridgehead atoms. The van der Waals surface area contributed by atoms with E-state index in [9.17, 15) is 26.0 Å². The molecule has 0 radical (unpaired) electrons. The Bertz CT molecular complexity index is 1170. The second-order valence-corrected chi connectivity index (χ2v) is 9.28. The SMILES string of the molecule is CS(=O)(=O)N1CCCC(F)C1.Nc1ncc2c(F)cc(-c3ccc(CC(F)F)cn3)n2n1. The van der Waals surface area contributed by atoms with Crippen molar-refractivity contribution >= 4 is 21.5 Å². The summed E-state index contributed by atoms with van der Waals surface area (Å²) in [5.74, 6) is -0.517. The number of hydrogen-bond donors (Lipinski definition) is 1. The van der Waals surface area contributed by atoms with Crippen molar-refractivity contribution in [2.24, 2.45) is 0 Å².